The van der Waals surface area contributed by atoms with Crippen molar-refractivity contribution >= 4 is 44.2 Å². The number of pyridine rings is 1. The Morgan fingerprint density at radius 2 is 1.95 bits per heavy atom. The number of anilines is 2. The maximum atomic E-state index is 11.4. The highest BCUT2D eigenvalue weighted by Gasteiger charge is 2.15. The van der Waals surface area contributed by atoms with Crippen molar-refractivity contribution < 1.29 is 13.5 Å². The molecule has 9 nitrogen and oxygen atoms in total. The topological polar surface area (TPSA) is 125 Å². The Bertz CT molecular complexity index is 1620. The third-order valence-corrected chi connectivity index (χ3v) is 7.22. The van der Waals surface area contributed by atoms with Crippen molar-refractivity contribution in [1.82, 2.24) is 25.3 Å². The summed E-state index contributed by atoms with van der Waals surface area (Å²) in [5.74, 6) is 1.44. The number of halogens is 1. The highest BCUT2D eigenvalue weighted by molar-refractivity contribution is 7.97. The third-order valence-electron chi connectivity index (χ3n) is 5.96. The highest BCUT2D eigenvalue weighted by Crippen LogP contribution is 2.32. The maximum Gasteiger partial charge on any atom is 0.212 e. The molecule has 0 aliphatic carbocycles. The minimum atomic E-state index is -2.74. The lowest BCUT2D eigenvalue weighted by Gasteiger charge is -2.12. The zero-order valence-corrected chi connectivity index (χ0v) is 22.8. The summed E-state index contributed by atoms with van der Waals surface area (Å²) in [5, 5.41) is 7.87. The number of aromatic amines is 1. The molecule has 0 bridgehead atoms. The van der Waals surface area contributed by atoms with Crippen molar-refractivity contribution in [2.24, 2.45) is 0 Å². The summed E-state index contributed by atoms with van der Waals surface area (Å²) in [4.78, 5) is 16.5. The number of rotatable bonds is 11. The zero-order chi connectivity index (χ0) is 27.2. The van der Waals surface area contributed by atoms with Crippen LogP contribution in [0, 0.1) is 0 Å². The van der Waals surface area contributed by atoms with E-state index in [1.165, 1.54) is 12.6 Å². The van der Waals surface area contributed by atoms with Crippen molar-refractivity contribution in [3.05, 3.63) is 95.7 Å². The predicted molar refractivity (Wildman–Crippen MR) is 156 cm³/mol. The van der Waals surface area contributed by atoms with E-state index in [9.17, 15) is 8.76 Å². The van der Waals surface area contributed by atoms with Gasteiger partial charge in [0, 0.05) is 41.7 Å². The molecule has 1 unspecified atom stereocenters. The van der Waals surface area contributed by atoms with Crippen LogP contribution < -0.4 is 15.4 Å². The van der Waals surface area contributed by atoms with Gasteiger partial charge in [0.15, 0.2) is 5.75 Å². The molecule has 0 radical (unpaired) electrons. The summed E-state index contributed by atoms with van der Waals surface area (Å²) < 4.78 is 26.7. The quantitative estimate of drug-likeness (QED) is 0.119. The first-order chi connectivity index (χ1) is 18.8. The lowest BCUT2D eigenvalue weighted by Crippen LogP contribution is -2.25. The van der Waals surface area contributed by atoms with Crippen molar-refractivity contribution in [1.29, 1.82) is 0 Å². The number of fused-ring (bicyclic) bond motifs is 1. The first-order valence-corrected chi connectivity index (χ1v) is 14.7. The molecule has 0 spiro atoms. The second-order valence-electron chi connectivity index (χ2n) is 9.07. The van der Waals surface area contributed by atoms with Gasteiger partial charge in [-0.1, -0.05) is 27.9 Å². The fourth-order valence-electron chi connectivity index (χ4n) is 3.99. The Balaban J connectivity index is 1.29. The molecule has 39 heavy (non-hydrogen) atoms. The summed E-state index contributed by atoms with van der Waals surface area (Å²) in [6, 6.07) is 21.2. The number of hydrogen-bond acceptors (Lipinski definition) is 7. The largest absolute Gasteiger partial charge is 0.486 e. The number of aromatic nitrogens is 4. The molecule has 200 valence electrons. The van der Waals surface area contributed by atoms with Crippen molar-refractivity contribution in [2.45, 2.75) is 13.2 Å². The standard InChI is InChI=1S/C28H27ClN6O3S/c1-39(36,37)13-12-30-16-21-6-9-25(34-21)19-5-8-26-23(14-19)28(33-18-32-26)35-20-7-10-27(24(29)15-20)38-17-22-4-2-3-11-31-22/h2-11,14-15,18,30,34H,12-13,16-17H2,1H3,(H-,32,33,35,36,37)/p+1. The molecule has 5 rings (SSSR count). The SMILES string of the molecule is C[S+](=O)(O)CCNCc1ccc(-c2ccc3ncnc(Nc4ccc(OCc5ccccn5)c(Cl)c4)c3c2)[nH]1. The van der Waals surface area contributed by atoms with Gasteiger partial charge in [-0.25, -0.2) is 9.97 Å². The lowest BCUT2D eigenvalue weighted by atomic mass is 10.1. The average molecular weight is 564 g/mol. The molecule has 0 aliphatic rings. The second kappa shape index (κ2) is 11.9. The summed E-state index contributed by atoms with van der Waals surface area (Å²) in [6.07, 6.45) is 4.59. The number of H-pyrrole nitrogens is 1. The van der Waals surface area contributed by atoms with Crippen LogP contribution in [-0.2, 0) is 27.6 Å². The minimum absolute atomic E-state index is 0.215. The Labute approximate surface area is 232 Å². The minimum Gasteiger partial charge on any atom is -0.486 e. The molecule has 0 amide bonds. The number of nitrogens with zero attached hydrogens (tertiary/aromatic N) is 3. The van der Waals surface area contributed by atoms with Gasteiger partial charge in [0.25, 0.3) is 0 Å². The van der Waals surface area contributed by atoms with Crippen LogP contribution in [0.5, 0.6) is 5.75 Å². The predicted octanol–water partition coefficient (Wildman–Crippen LogP) is 5.69. The summed E-state index contributed by atoms with van der Waals surface area (Å²) in [5.41, 5.74) is 5.30. The molecule has 0 saturated heterocycles. The van der Waals surface area contributed by atoms with Gasteiger partial charge in [0.1, 0.15) is 30.8 Å². The van der Waals surface area contributed by atoms with Gasteiger partial charge in [-0.3, -0.25) is 4.98 Å². The molecule has 3 heterocycles. The molecule has 0 aliphatic heterocycles. The smallest absolute Gasteiger partial charge is 0.212 e. The first kappa shape index (κ1) is 26.8. The highest BCUT2D eigenvalue weighted by atomic mass is 35.5. The molecule has 4 N–H and O–H groups in total. The van der Waals surface area contributed by atoms with Crippen LogP contribution in [0.2, 0.25) is 5.02 Å². The number of ether oxygens (including phenoxy) is 1. The van der Waals surface area contributed by atoms with Crippen LogP contribution in [0.4, 0.5) is 11.5 Å². The number of benzene rings is 2. The van der Waals surface area contributed by atoms with Gasteiger partial charge in [0.2, 0.25) is 10.2 Å². The van der Waals surface area contributed by atoms with Crippen LogP contribution in [0.1, 0.15) is 11.4 Å². The Morgan fingerprint density at radius 3 is 2.74 bits per heavy atom. The Morgan fingerprint density at radius 1 is 1.05 bits per heavy atom. The summed E-state index contributed by atoms with van der Waals surface area (Å²) in [7, 11) is -2.74. The van der Waals surface area contributed by atoms with Crippen LogP contribution >= 0.6 is 11.6 Å². The zero-order valence-electron chi connectivity index (χ0n) is 21.2. The fourth-order valence-corrected chi connectivity index (χ4v) is 4.75. The van der Waals surface area contributed by atoms with Gasteiger partial charge in [-0.05, 0) is 60.2 Å². The Hall–Kier alpha value is -3.83. The molecule has 1 atom stereocenters. The number of hydrogen-bond donors (Lipinski definition) is 4. The van der Waals surface area contributed by atoms with Crippen molar-refractivity contribution in [2.75, 3.05) is 23.9 Å². The summed E-state index contributed by atoms with van der Waals surface area (Å²) in [6.45, 7) is 1.36. The average Bonchev–Trinajstić information content (AvgIpc) is 3.40. The van der Waals surface area contributed by atoms with Crippen LogP contribution in [-0.4, -0.2) is 43.0 Å². The van der Waals surface area contributed by atoms with E-state index in [1.807, 2.05) is 60.7 Å². The van der Waals surface area contributed by atoms with E-state index in [2.05, 4.69) is 30.6 Å². The van der Waals surface area contributed by atoms with Gasteiger partial charge in [-0.2, -0.15) is 4.55 Å². The van der Waals surface area contributed by atoms with Crippen LogP contribution in [0.25, 0.3) is 22.2 Å². The monoisotopic (exact) mass is 563 g/mol. The molecule has 2 aromatic carbocycles. The van der Waals surface area contributed by atoms with E-state index in [0.717, 1.165) is 39.2 Å². The summed E-state index contributed by atoms with van der Waals surface area (Å²) >= 11 is 6.50. The molecule has 11 heteroatoms. The molecule has 0 fully saturated rings. The van der Waals surface area contributed by atoms with E-state index in [0.29, 0.717) is 36.3 Å². The molecule has 0 saturated carbocycles. The van der Waals surface area contributed by atoms with Gasteiger partial charge in [0.05, 0.1) is 16.2 Å². The lowest BCUT2D eigenvalue weighted by molar-refractivity contribution is 0.301. The van der Waals surface area contributed by atoms with Crippen LogP contribution in [0.15, 0.2) is 79.3 Å². The molecule has 5 aromatic rings. The first-order valence-electron chi connectivity index (χ1n) is 12.3. The normalized spacial score (nSPS) is 12.8. The van der Waals surface area contributed by atoms with E-state index in [1.54, 1.807) is 12.3 Å². The van der Waals surface area contributed by atoms with Crippen LogP contribution in [0.3, 0.4) is 0 Å². The van der Waals surface area contributed by atoms with Gasteiger partial charge >= 0.3 is 0 Å². The maximum absolute atomic E-state index is 11.4. The van der Waals surface area contributed by atoms with Crippen molar-refractivity contribution in [3.63, 3.8) is 0 Å². The second-order valence-corrected chi connectivity index (χ2v) is 11.8. The Kier molecular flexibility index (Phi) is 8.18. The van der Waals surface area contributed by atoms with E-state index in [-0.39, 0.29) is 5.75 Å². The van der Waals surface area contributed by atoms with E-state index in [4.69, 9.17) is 16.3 Å². The van der Waals surface area contributed by atoms with Crippen molar-refractivity contribution in [3.8, 4) is 17.0 Å². The number of nitrogens with one attached hydrogen (secondary N) is 3. The fraction of sp³-hybridized carbons (Fsp3) is 0.179. The molecular formula is C28H28ClN6O3S+. The van der Waals surface area contributed by atoms with E-state index < -0.39 is 10.2 Å². The van der Waals surface area contributed by atoms with E-state index >= 15 is 0 Å². The third kappa shape index (κ3) is 7.18. The van der Waals surface area contributed by atoms with Gasteiger partial charge < -0.3 is 20.4 Å². The van der Waals surface area contributed by atoms with Gasteiger partial charge in [-0.15, -0.1) is 0 Å². The molecule has 3 aromatic heterocycles. The molecular weight excluding hydrogens is 536 g/mol.